The molecule has 0 saturated carbocycles. The zero-order valence-electron chi connectivity index (χ0n) is 55.4. The van der Waals surface area contributed by atoms with Gasteiger partial charge in [-0.3, -0.25) is 72.3 Å². The molecule has 2 fully saturated rings. The van der Waals surface area contributed by atoms with Gasteiger partial charge in [-0.25, -0.2) is 4.79 Å². The molecule has 4 unspecified atom stereocenters. The summed E-state index contributed by atoms with van der Waals surface area (Å²) < 4.78 is 0. The first kappa shape index (κ1) is 80.0. The Kier molecular flexibility index (Phi) is 32.3. The normalized spacial score (nSPS) is 21.9. The molecule has 2 saturated heterocycles. The molecule has 10 atom stereocenters. The van der Waals surface area contributed by atoms with Crippen LogP contribution >= 0.6 is 21.6 Å². The van der Waals surface area contributed by atoms with Crippen molar-refractivity contribution in [2.24, 2.45) is 5.73 Å². The van der Waals surface area contributed by atoms with Crippen molar-refractivity contribution in [1.29, 1.82) is 0 Å². The number of nitrogens with zero attached hydrogens (tertiary/aromatic N) is 4. The molecule has 0 spiro atoms. The van der Waals surface area contributed by atoms with E-state index in [-0.39, 0.29) is 103 Å². The van der Waals surface area contributed by atoms with Crippen molar-refractivity contribution in [2.75, 3.05) is 96.6 Å². The fraction of sp³-hybridized carbons (Fsp3) is 0.508. The van der Waals surface area contributed by atoms with Crippen LogP contribution < -0.4 is 48.3 Å². The maximum Gasteiger partial charge on any atom is 0.328 e. The summed E-state index contributed by atoms with van der Waals surface area (Å²) in [5.41, 5.74) is 7.96. The highest BCUT2D eigenvalue weighted by Crippen LogP contribution is 2.25. The van der Waals surface area contributed by atoms with Crippen LogP contribution in [0.15, 0.2) is 85.1 Å². The number of benzene rings is 3. The van der Waals surface area contributed by atoms with Crippen LogP contribution in [-0.4, -0.2) is 289 Å². The molecule has 0 radical (unpaired) electrons. The Balaban J connectivity index is 1.41. The van der Waals surface area contributed by atoms with Crippen LogP contribution in [0.3, 0.4) is 0 Å². The lowest BCUT2D eigenvalue weighted by molar-refractivity contribution is -0.145. The minimum absolute atomic E-state index is 0.0426. The van der Waals surface area contributed by atoms with E-state index in [2.05, 4.69) is 47.5 Å². The molecule has 6 rings (SSSR count). The number of carbonyl (C=O) groups is 12. The van der Waals surface area contributed by atoms with E-state index in [1.165, 1.54) is 24.3 Å². The zero-order valence-corrected chi connectivity index (χ0v) is 57.1. The lowest BCUT2D eigenvalue weighted by Crippen LogP contribution is -2.62. The van der Waals surface area contributed by atoms with Crippen LogP contribution in [0.1, 0.15) is 49.8 Å². The Bertz CT molecular complexity index is 3410. The zero-order chi connectivity index (χ0) is 73.0. The number of carboxylic acids is 4. The second kappa shape index (κ2) is 40.3. The van der Waals surface area contributed by atoms with Crippen molar-refractivity contribution in [3.05, 3.63) is 102 Å². The maximum atomic E-state index is 15.3. The second-order valence-corrected chi connectivity index (χ2v) is 27.0. The molecular formula is C65H90N14O19S2. The standard InChI is InChI=1S/C65H90N14O19S2/c1-38(80)56-64(96)73-51(63(95)75-57(39(2)81)65(97)98)37-100-99-36-50(72-59(91)47(28-40-10-4-3-5-11-40)68-52(83)32-76-20-22-77(33-53(84)85)24-26-79(35-55(88)89)27-25-78(23-21-76)34-54(86)87)62(94)70-48(29-41-15-17-43(82)18-16-41)60(92)71-49(30-42-31-67-45-13-7-6-12-44(42)45)61(93)69-46(58(90)74-56)14-8-9-19-66/h3-7,10-13,15-18,31,38-39,46-51,56-57,67,80-82H,8-9,14,19-30,32-37,66H2,1-2H3,(H,68,83)(H,69,93)(H,70,94)(H,71,92)(H,72,91)(H,73,96)(H,74,90)(H,75,95)(H,84,85)(H,86,87)(H,88,89)(H,97,98)/t38?,39?,46-,47+,48?,49?,50-,51-,56-,57-/m0/s1. The predicted molar refractivity (Wildman–Crippen MR) is 367 cm³/mol. The van der Waals surface area contributed by atoms with Gasteiger partial charge in [0.1, 0.15) is 48.0 Å². The van der Waals surface area contributed by atoms with Gasteiger partial charge < -0.3 is 89.0 Å². The molecule has 0 aliphatic carbocycles. The Morgan fingerprint density at radius 1 is 0.580 bits per heavy atom. The lowest BCUT2D eigenvalue weighted by atomic mass is 10.0. The summed E-state index contributed by atoms with van der Waals surface area (Å²) in [6, 6.07) is 7.92. The summed E-state index contributed by atoms with van der Waals surface area (Å²) in [6.07, 6.45) is -1.92. The number of phenolic OH excluding ortho intramolecular Hbond substituents is 1. The minimum atomic E-state index is -1.91. The predicted octanol–water partition coefficient (Wildman–Crippen LogP) is -3.37. The molecule has 1 aromatic heterocycles. The Labute approximate surface area is 584 Å². The SMILES string of the molecule is CC(O)[C@H](NC(=O)[C@@H]1CSSC[C@H](NC(=O)[C@@H](Cc2ccccc2)NC(=O)CN2CCN(CC(=O)O)CCN(CC(=O)O)CCN(CC(=O)O)CC2)C(=O)NC(Cc2ccc(O)cc2)C(=O)NC(Cc2c[nH]c3ccccc23)C(=O)N[C@@H](CCCCN)C(=O)N[C@@H](C(C)O)C(=O)N1)C(=O)O. The van der Waals surface area contributed by atoms with E-state index in [0.717, 1.165) is 35.4 Å². The third-order valence-corrected chi connectivity index (χ3v) is 19.0. The van der Waals surface area contributed by atoms with Gasteiger partial charge in [-0.05, 0) is 74.5 Å². The minimum Gasteiger partial charge on any atom is -0.508 e. The van der Waals surface area contributed by atoms with Crippen LogP contribution in [-0.2, 0) is 76.8 Å². The van der Waals surface area contributed by atoms with E-state index in [1.807, 2.05) is 0 Å². The Hall–Kier alpha value is -8.94. The van der Waals surface area contributed by atoms with Crippen molar-refractivity contribution in [3.8, 4) is 5.75 Å². The number of nitrogens with two attached hydrogens (primary N) is 1. The van der Waals surface area contributed by atoms with Crippen LogP contribution in [0, 0.1) is 0 Å². The van der Waals surface area contributed by atoms with E-state index in [4.69, 9.17) is 5.73 Å². The van der Waals surface area contributed by atoms with Gasteiger partial charge in [-0.2, -0.15) is 0 Å². The first-order valence-corrected chi connectivity index (χ1v) is 35.0. The summed E-state index contributed by atoms with van der Waals surface area (Å²) >= 11 is 0. The van der Waals surface area contributed by atoms with Gasteiger partial charge in [-0.1, -0.05) is 82.3 Å². The van der Waals surface area contributed by atoms with E-state index in [1.54, 1.807) is 80.4 Å². The topological polar surface area (TPSA) is 497 Å². The second-order valence-electron chi connectivity index (χ2n) is 24.5. The molecule has 8 amide bonds. The molecule has 2 aliphatic rings. The number of para-hydroxylation sites is 1. The van der Waals surface area contributed by atoms with Crippen LogP contribution in [0.2, 0.25) is 0 Å². The summed E-state index contributed by atoms with van der Waals surface area (Å²) in [5, 5.41) is 92.4. The number of aromatic hydroxyl groups is 1. The smallest absolute Gasteiger partial charge is 0.328 e. The third-order valence-electron chi connectivity index (χ3n) is 16.6. The summed E-state index contributed by atoms with van der Waals surface area (Å²) in [7, 11) is 1.66. The number of carboxylic acid groups (broad SMARTS) is 4. The molecule has 100 heavy (non-hydrogen) atoms. The van der Waals surface area contributed by atoms with Gasteiger partial charge in [0.15, 0.2) is 6.04 Å². The van der Waals surface area contributed by atoms with Gasteiger partial charge in [0.25, 0.3) is 0 Å². The first-order valence-electron chi connectivity index (χ1n) is 32.5. The van der Waals surface area contributed by atoms with E-state index < -0.39 is 163 Å². The summed E-state index contributed by atoms with van der Waals surface area (Å²) in [6.45, 7) is 1.38. The van der Waals surface area contributed by atoms with Gasteiger partial charge >= 0.3 is 23.9 Å². The van der Waals surface area contributed by atoms with Crippen molar-refractivity contribution in [2.45, 2.75) is 113 Å². The molecule has 3 heterocycles. The van der Waals surface area contributed by atoms with Gasteiger partial charge in [-0.15, -0.1) is 0 Å². The molecule has 35 heteroatoms. The number of hydrogen-bond acceptors (Lipinski definition) is 22. The number of H-pyrrole nitrogens is 1. The first-order chi connectivity index (χ1) is 47.7. The number of rotatable bonds is 26. The number of aromatic nitrogens is 1. The van der Waals surface area contributed by atoms with Gasteiger partial charge in [0, 0.05) is 100 Å². The number of hydrogen-bond donors (Lipinski definition) is 17. The Morgan fingerprint density at radius 2 is 1.10 bits per heavy atom. The number of aromatic amines is 1. The van der Waals surface area contributed by atoms with Crippen LogP contribution in [0.25, 0.3) is 10.9 Å². The molecule has 33 nitrogen and oxygen atoms in total. The van der Waals surface area contributed by atoms with Crippen molar-refractivity contribution in [3.63, 3.8) is 0 Å². The number of amides is 8. The number of aliphatic hydroxyl groups is 2. The number of unbranched alkanes of at least 4 members (excludes halogenated alkanes) is 1. The van der Waals surface area contributed by atoms with Crippen LogP contribution in [0.4, 0.5) is 0 Å². The average molecular weight is 1440 g/mol. The summed E-state index contributed by atoms with van der Waals surface area (Å²) in [5.74, 6) is -14.0. The number of aliphatic hydroxyl groups excluding tert-OH is 2. The lowest BCUT2D eigenvalue weighted by Gasteiger charge is -2.33. The average Bonchev–Trinajstić information content (AvgIpc) is 1.59. The van der Waals surface area contributed by atoms with Crippen molar-refractivity contribution in [1.82, 2.24) is 67.1 Å². The maximum absolute atomic E-state index is 15.3. The molecule has 0 bridgehead atoms. The van der Waals surface area contributed by atoms with Gasteiger partial charge in [0.05, 0.1) is 38.4 Å². The molecule has 546 valence electrons. The largest absolute Gasteiger partial charge is 0.508 e. The fourth-order valence-corrected chi connectivity index (χ4v) is 13.4. The Morgan fingerprint density at radius 3 is 1.65 bits per heavy atom. The number of fused-ring (bicyclic) bond motifs is 1. The van der Waals surface area contributed by atoms with E-state index >= 15 is 14.4 Å². The van der Waals surface area contributed by atoms with Crippen molar-refractivity contribution < 1.29 is 93.3 Å². The summed E-state index contributed by atoms with van der Waals surface area (Å²) in [4.78, 5) is 176. The number of phenols is 1. The number of aliphatic carboxylic acids is 4. The quantitative estimate of drug-likeness (QED) is 0.0215. The molecule has 2 aliphatic heterocycles. The highest BCUT2D eigenvalue weighted by Gasteiger charge is 2.38. The molecular weight excluding hydrogens is 1340 g/mol. The molecule has 18 N–H and O–H groups in total. The van der Waals surface area contributed by atoms with Crippen molar-refractivity contribution >= 4 is 104 Å². The van der Waals surface area contributed by atoms with Gasteiger partial charge in [0.2, 0.25) is 47.3 Å². The van der Waals surface area contributed by atoms with Crippen LogP contribution in [0.5, 0.6) is 5.75 Å². The monoisotopic (exact) mass is 1430 g/mol. The van der Waals surface area contributed by atoms with E-state index in [9.17, 15) is 78.9 Å². The number of carbonyl (C=O) groups excluding carboxylic acids is 8. The molecule has 3 aromatic carbocycles. The third kappa shape index (κ3) is 26.6. The fourth-order valence-electron chi connectivity index (χ4n) is 11.1. The highest BCUT2D eigenvalue weighted by atomic mass is 33.1. The molecule has 4 aromatic rings. The highest BCUT2D eigenvalue weighted by molar-refractivity contribution is 8.76. The van der Waals surface area contributed by atoms with E-state index in [0.29, 0.717) is 34.0 Å². The number of nitrogens with one attached hydrogen (secondary N) is 9.